The minimum absolute atomic E-state index is 0.122. The number of esters is 3. The third-order valence-corrected chi connectivity index (χ3v) is 12.4. The van der Waals surface area contributed by atoms with E-state index in [1.165, 1.54) is 32.1 Å². The van der Waals surface area contributed by atoms with Crippen molar-refractivity contribution in [1.82, 2.24) is 0 Å². The summed E-state index contributed by atoms with van der Waals surface area (Å²) in [6.07, 6.45) is 95.0. The molecular weight excluding hydrogens is 961 g/mol. The predicted molar refractivity (Wildman–Crippen MR) is 338 cm³/mol. The SMILES string of the molecule is CC/C=C\C/C=C\C/C=C\C/C=C\C/C=C\C/C=C\C/C=C\CCCCCCCC(=O)OCC(COC(=O)CCCCCCC/C=C\C/C=C\CCCCCC)OC(=O)CCC/C=C\C/C=C\C/C=C\C/C=C\C/C=C\CC. The number of ether oxygens (including phenoxy) is 3. The first-order valence-corrected chi connectivity index (χ1v) is 31.1. The molecule has 0 amide bonds. The van der Waals surface area contributed by atoms with Crippen LogP contribution in [-0.4, -0.2) is 37.2 Å². The van der Waals surface area contributed by atoms with Crippen LogP contribution in [-0.2, 0) is 28.6 Å². The lowest BCUT2D eigenvalue weighted by atomic mass is 10.1. The molecule has 0 saturated heterocycles. The Morgan fingerprint density at radius 2 is 0.513 bits per heavy atom. The monoisotopic (exact) mass is 1070 g/mol. The van der Waals surface area contributed by atoms with Crippen LogP contribution in [0.5, 0.6) is 0 Å². The standard InChI is InChI=1S/C72H112O6/c1-4-7-10-13-16-19-22-25-28-31-32-33-34-35-36-37-38-39-40-42-44-47-50-53-56-59-62-65-71(74)77-68-69(67-76-70(73)64-61-58-55-52-49-46-43-30-27-24-21-18-15-12-9-6-3)78-72(75)66-63-60-57-54-51-48-45-41-29-26-23-20-17-14-11-8-5-2/h7-8,10-11,16-17,19-21,24-26,28-30,32-33,35-36,38-39,42-45,48,54,57,69H,4-6,9,12-15,18,22-23,27,31,34,37,40-41,46-47,49-53,55-56,58-68H2,1-3H3/b10-7-,11-8-,19-16-,20-17-,24-21-,28-25-,29-26-,33-32-,36-35-,39-38-,43-30-,44-42-,48-45-,57-54-. The third-order valence-electron chi connectivity index (χ3n) is 12.4. The van der Waals surface area contributed by atoms with Crippen LogP contribution in [0.4, 0.5) is 0 Å². The second-order valence-corrected chi connectivity index (χ2v) is 19.8. The highest BCUT2D eigenvalue weighted by Crippen LogP contribution is 2.13. The minimum atomic E-state index is -0.833. The molecule has 0 N–H and O–H groups in total. The minimum Gasteiger partial charge on any atom is -0.462 e. The maximum absolute atomic E-state index is 12.9. The third kappa shape index (κ3) is 61.6. The van der Waals surface area contributed by atoms with E-state index in [9.17, 15) is 14.4 Å². The number of allylic oxidation sites excluding steroid dienone is 28. The molecule has 0 aromatic carbocycles. The molecule has 6 nitrogen and oxygen atoms in total. The highest BCUT2D eigenvalue weighted by molar-refractivity contribution is 5.71. The van der Waals surface area contributed by atoms with Gasteiger partial charge in [0, 0.05) is 19.3 Å². The molecule has 0 aromatic rings. The number of rotatable bonds is 54. The van der Waals surface area contributed by atoms with Gasteiger partial charge in [-0.15, -0.1) is 0 Å². The van der Waals surface area contributed by atoms with Gasteiger partial charge >= 0.3 is 17.9 Å². The van der Waals surface area contributed by atoms with Gasteiger partial charge in [-0.05, 0) is 148 Å². The molecule has 0 aliphatic carbocycles. The van der Waals surface area contributed by atoms with Crippen LogP contribution in [0, 0.1) is 0 Å². The summed E-state index contributed by atoms with van der Waals surface area (Å²) in [5.41, 5.74) is 0. The lowest BCUT2D eigenvalue weighted by molar-refractivity contribution is -0.167. The van der Waals surface area contributed by atoms with Crippen molar-refractivity contribution in [2.75, 3.05) is 13.2 Å². The van der Waals surface area contributed by atoms with Gasteiger partial charge in [-0.25, -0.2) is 0 Å². The Balaban J connectivity index is 4.52. The van der Waals surface area contributed by atoms with Crippen LogP contribution in [0.1, 0.15) is 245 Å². The Hall–Kier alpha value is -5.23. The smallest absolute Gasteiger partial charge is 0.306 e. The van der Waals surface area contributed by atoms with E-state index in [0.29, 0.717) is 19.3 Å². The summed E-state index contributed by atoms with van der Waals surface area (Å²) < 4.78 is 16.8. The highest BCUT2D eigenvalue weighted by atomic mass is 16.6. The average Bonchev–Trinajstić information content (AvgIpc) is 3.44. The van der Waals surface area contributed by atoms with Crippen LogP contribution >= 0.6 is 0 Å². The molecule has 0 saturated carbocycles. The van der Waals surface area contributed by atoms with Crippen LogP contribution in [0.25, 0.3) is 0 Å². The van der Waals surface area contributed by atoms with Crippen molar-refractivity contribution < 1.29 is 28.6 Å². The zero-order chi connectivity index (χ0) is 56.4. The summed E-state index contributed by atoms with van der Waals surface area (Å²) in [7, 11) is 0. The van der Waals surface area contributed by atoms with Crippen LogP contribution in [0.2, 0.25) is 0 Å². The summed E-state index contributed by atoms with van der Waals surface area (Å²) in [4.78, 5) is 38.3. The van der Waals surface area contributed by atoms with Gasteiger partial charge < -0.3 is 14.2 Å². The van der Waals surface area contributed by atoms with Crippen molar-refractivity contribution in [3.63, 3.8) is 0 Å². The van der Waals surface area contributed by atoms with E-state index in [4.69, 9.17) is 14.2 Å². The Labute approximate surface area is 479 Å². The number of hydrogen-bond donors (Lipinski definition) is 0. The predicted octanol–water partition coefficient (Wildman–Crippen LogP) is 21.5. The van der Waals surface area contributed by atoms with Crippen molar-refractivity contribution in [2.45, 2.75) is 252 Å². The van der Waals surface area contributed by atoms with Crippen molar-refractivity contribution in [3.05, 3.63) is 170 Å². The van der Waals surface area contributed by atoms with Gasteiger partial charge in [-0.3, -0.25) is 14.4 Å². The van der Waals surface area contributed by atoms with Crippen molar-refractivity contribution in [3.8, 4) is 0 Å². The fourth-order valence-electron chi connectivity index (χ4n) is 7.84. The maximum atomic E-state index is 12.9. The second-order valence-electron chi connectivity index (χ2n) is 19.8. The van der Waals surface area contributed by atoms with E-state index in [1.807, 2.05) is 0 Å². The second kappa shape index (κ2) is 64.3. The lowest BCUT2D eigenvalue weighted by Crippen LogP contribution is -2.30. The number of hydrogen-bond acceptors (Lipinski definition) is 6. The number of carbonyl (C=O) groups excluding carboxylic acids is 3. The summed E-state index contributed by atoms with van der Waals surface area (Å²) in [5, 5.41) is 0. The van der Waals surface area contributed by atoms with E-state index in [1.54, 1.807) is 0 Å². The first kappa shape index (κ1) is 72.8. The van der Waals surface area contributed by atoms with Gasteiger partial charge in [0.25, 0.3) is 0 Å². The number of carbonyl (C=O) groups is 3. The molecule has 0 heterocycles. The fraction of sp³-hybridized carbons (Fsp3) is 0.569. The number of unbranched alkanes of at least 4 members (excludes halogenated alkanes) is 15. The molecule has 0 aliphatic rings. The molecule has 0 aliphatic heterocycles. The fourth-order valence-corrected chi connectivity index (χ4v) is 7.84. The maximum Gasteiger partial charge on any atom is 0.306 e. The largest absolute Gasteiger partial charge is 0.462 e. The quantitative estimate of drug-likeness (QED) is 0.0261. The highest BCUT2D eigenvalue weighted by Gasteiger charge is 2.19. The molecule has 0 rings (SSSR count). The van der Waals surface area contributed by atoms with Gasteiger partial charge in [-0.1, -0.05) is 249 Å². The van der Waals surface area contributed by atoms with Crippen molar-refractivity contribution >= 4 is 17.9 Å². The zero-order valence-corrected chi connectivity index (χ0v) is 49.9. The van der Waals surface area contributed by atoms with Gasteiger partial charge in [0.05, 0.1) is 0 Å². The van der Waals surface area contributed by atoms with Gasteiger partial charge in [0.1, 0.15) is 13.2 Å². The average molecular weight is 1070 g/mol. The summed E-state index contributed by atoms with van der Waals surface area (Å²) in [6, 6.07) is 0. The molecule has 6 heteroatoms. The Morgan fingerprint density at radius 3 is 0.821 bits per heavy atom. The van der Waals surface area contributed by atoms with Crippen LogP contribution in [0.3, 0.4) is 0 Å². The zero-order valence-electron chi connectivity index (χ0n) is 49.9. The van der Waals surface area contributed by atoms with Crippen LogP contribution < -0.4 is 0 Å². The van der Waals surface area contributed by atoms with E-state index in [-0.39, 0.29) is 37.5 Å². The molecule has 78 heavy (non-hydrogen) atoms. The molecule has 0 bridgehead atoms. The molecule has 1 atom stereocenters. The Bertz CT molecular complexity index is 1810. The molecule has 0 radical (unpaired) electrons. The molecule has 0 spiro atoms. The van der Waals surface area contributed by atoms with Gasteiger partial charge in [0.2, 0.25) is 0 Å². The van der Waals surface area contributed by atoms with E-state index >= 15 is 0 Å². The first-order valence-electron chi connectivity index (χ1n) is 31.1. The molecule has 0 aromatic heterocycles. The van der Waals surface area contributed by atoms with Gasteiger partial charge in [-0.2, -0.15) is 0 Å². The Morgan fingerprint density at radius 1 is 0.269 bits per heavy atom. The normalized spacial score (nSPS) is 13.3. The van der Waals surface area contributed by atoms with E-state index < -0.39 is 6.10 Å². The van der Waals surface area contributed by atoms with Crippen LogP contribution in [0.15, 0.2) is 170 Å². The van der Waals surface area contributed by atoms with E-state index in [0.717, 1.165) is 167 Å². The first-order chi connectivity index (χ1) is 38.5. The molecule has 0 fully saturated rings. The topological polar surface area (TPSA) is 78.9 Å². The summed E-state index contributed by atoms with van der Waals surface area (Å²) >= 11 is 0. The molecular formula is C72H112O6. The van der Waals surface area contributed by atoms with Gasteiger partial charge in [0.15, 0.2) is 6.10 Å². The molecule has 1 unspecified atom stereocenters. The van der Waals surface area contributed by atoms with Crippen molar-refractivity contribution in [2.24, 2.45) is 0 Å². The lowest BCUT2D eigenvalue weighted by Gasteiger charge is -2.18. The van der Waals surface area contributed by atoms with Crippen molar-refractivity contribution in [1.29, 1.82) is 0 Å². The summed E-state index contributed by atoms with van der Waals surface area (Å²) in [6.45, 7) is 6.31. The summed E-state index contributed by atoms with van der Waals surface area (Å²) in [5.74, 6) is -1.02. The molecule has 436 valence electrons. The van der Waals surface area contributed by atoms with E-state index in [2.05, 4.69) is 191 Å². The Kier molecular flexibility index (Phi) is 60.0.